The number of rotatable bonds is 22. The van der Waals surface area contributed by atoms with Crippen LogP contribution in [0.4, 0.5) is 0 Å². The monoisotopic (exact) mass is 578 g/mol. The summed E-state index contributed by atoms with van der Waals surface area (Å²) in [6.45, 7) is 8.01. The van der Waals surface area contributed by atoms with Crippen molar-refractivity contribution in [2.75, 3.05) is 26.4 Å². The molecule has 0 fully saturated rings. The summed E-state index contributed by atoms with van der Waals surface area (Å²) in [6.07, 6.45) is -2.60. The van der Waals surface area contributed by atoms with E-state index in [0.717, 1.165) is 0 Å². The molecule has 14 nitrogen and oxygen atoms in total. The Bertz CT molecular complexity index is 858. The van der Waals surface area contributed by atoms with Crippen molar-refractivity contribution in [3.05, 3.63) is 24.3 Å². The number of phosphoric acid groups is 1. The topological polar surface area (TPSA) is 195 Å². The minimum atomic E-state index is -4.94. The molecule has 0 aromatic rings. The lowest BCUT2D eigenvalue weighted by atomic mass is 10.3. The average molecular weight is 579 g/mol. The van der Waals surface area contributed by atoms with Crippen LogP contribution in [0.5, 0.6) is 0 Å². The number of carbonyl (C=O) groups excluding carboxylic acids is 6. The van der Waals surface area contributed by atoms with Crippen LogP contribution in [0.3, 0.4) is 0 Å². The minimum absolute atomic E-state index is 0.0919. The average Bonchev–Trinajstić information content (AvgIpc) is 2.86. The van der Waals surface area contributed by atoms with Gasteiger partial charge in [-0.3, -0.25) is 18.6 Å². The van der Waals surface area contributed by atoms with E-state index in [4.69, 9.17) is 28.0 Å². The Hall–Kier alpha value is -3.19. The van der Waals surface area contributed by atoms with Crippen LogP contribution in [0.15, 0.2) is 24.3 Å². The number of hydrogen-bond donors (Lipinski definition) is 1. The smallest absolute Gasteiger partial charge is 0.463 e. The van der Waals surface area contributed by atoms with Crippen molar-refractivity contribution in [1.82, 2.24) is 0 Å². The third-order valence-corrected chi connectivity index (χ3v) is 5.53. The van der Waals surface area contributed by atoms with Gasteiger partial charge in [0.1, 0.15) is 38.0 Å². The highest BCUT2D eigenvalue weighted by atomic mass is 31.2. The number of esters is 4. The van der Waals surface area contributed by atoms with Gasteiger partial charge in [-0.1, -0.05) is 13.2 Å². The molecule has 0 aliphatic heterocycles. The zero-order valence-corrected chi connectivity index (χ0v) is 22.9. The summed E-state index contributed by atoms with van der Waals surface area (Å²) in [4.78, 5) is 78.0. The zero-order valence-electron chi connectivity index (χ0n) is 22.0. The second-order valence-corrected chi connectivity index (χ2v) is 9.47. The molecule has 2 unspecified atom stereocenters. The molecule has 0 amide bonds. The van der Waals surface area contributed by atoms with Crippen molar-refractivity contribution in [3.8, 4) is 0 Å². The highest BCUT2D eigenvalue weighted by Gasteiger charge is 2.32. The number of hydrogen-bond acceptors (Lipinski definition) is 13. The molecule has 0 aliphatic rings. The van der Waals surface area contributed by atoms with Gasteiger partial charge in [-0.25, -0.2) is 14.2 Å². The van der Waals surface area contributed by atoms with Crippen molar-refractivity contribution in [1.29, 1.82) is 0 Å². The summed E-state index contributed by atoms with van der Waals surface area (Å²) >= 11 is 0. The molecule has 0 aromatic carbocycles. The molecule has 15 heteroatoms. The summed E-state index contributed by atoms with van der Waals surface area (Å²) in [7, 11) is -4.94. The Morgan fingerprint density at radius 2 is 1.10 bits per heavy atom. The summed E-state index contributed by atoms with van der Waals surface area (Å²) in [5.41, 5.74) is 0.226. The van der Waals surface area contributed by atoms with Gasteiger partial charge in [0.05, 0.1) is 26.1 Å². The van der Waals surface area contributed by atoms with Crippen LogP contribution in [0, 0.1) is 0 Å². The first kappa shape index (κ1) is 35.8. The lowest BCUT2D eigenvalue weighted by molar-refractivity contribution is -0.149. The zero-order chi connectivity index (χ0) is 29.8. The Balaban J connectivity index is 5.38. The van der Waals surface area contributed by atoms with Crippen LogP contribution in [-0.4, -0.2) is 80.0 Å². The van der Waals surface area contributed by atoms with Gasteiger partial charge in [0.15, 0.2) is 0 Å². The van der Waals surface area contributed by atoms with Gasteiger partial charge < -0.3 is 33.4 Å². The van der Waals surface area contributed by atoms with Crippen LogP contribution in [0.1, 0.15) is 52.4 Å². The molecule has 39 heavy (non-hydrogen) atoms. The predicted octanol–water partition coefficient (Wildman–Crippen LogP) is 1.92. The maximum atomic E-state index is 12.8. The molecule has 0 bridgehead atoms. The third-order valence-electron chi connectivity index (χ3n) is 4.40. The molecule has 0 saturated carbocycles. The first-order valence-electron chi connectivity index (χ1n) is 11.8. The largest absolute Gasteiger partial charge is 0.472 e. The fraction of sp³-hybridized carbons (Fsp3) is 0.583. The normalized spacial score (nSPS) is 13.6. The number of aldehydes is 2. The SMILES string of the molecule is C=C(C)C(=O)OCCC(COC(=O)CCC=O)OP(=O)(O)OC(CCOC(=O)C(=C)C)COC(=O)CCC=O. The van der Waals surface area contributed by atoms with Gasteiger partial charge in [-0.15, -0.1) is 0 Å². The van der Waals surface area contributed by atoms with Crippen LogP contribution in [-0.2, 0) is 61.3 Å². The molecule has 0 radical (unpaired) electrons. The van der Waals surface area contributed by atoms with Crippen molar-refractivity contribution in [3.63, 3.8) is 0 Å². The number of carbonyl (C=O) groups is 6. The molecule has 2 atom stereocenters. The summed E-state index contributed by atoms with van der Waals surface area (Å²) in [6, 6.07) is 0. The quantitative estimate of drug-likeness (QED) is 0.0643. The summed E-state index contributed by atoms with van der Waals surface area (Å²) < 4.78 is 42.8. The summed E-state index contributed by atoms with van der Waals surface area (Å²) in [5.74, 6) is -2.99. The van der Waals surface area contributed by atoms with Gasteiger partial charge in [0, 0.05) is 36.8 Å². The summed E-state index contributed by atoms with van der Waals surface area (Å²) in [5, 5.41) is 0. The molecular formula is C24H35O14P. The van der Waals surface area contributed by atoms with E-state index in [9.17, 15) is 38.2 Å². The molecule has 0 rings (SSSR count). The van der Waals surface area contributed by atoms with Gasteiger partial charge in [-0.05, 0) is 13.8 Å². The second kappa shape index (κ2) is 19.8. The first-order valence-corrected chi connectivity index (χ1v) is 13.3. The number of ether oxygens (including phenoxy) is 4. The van der Waals surface area contributed by atoms with E-state index in [1.165, 1.54) is 13.8 Å². The van der Waals surface area contributed by atoms with E-state index in [2.05, 4.69) is 13.2 Å². The molecule has 220 valence electrons. The predicted molar refractivity (Wildman–Crippen MR) is 133 cm³/mol. The minimum Gasteiger partial charge on any atom is -0.463 e. The van der Waals surface area contributed by atoms with Crippen molar-refractivity contribution in [2.45, 2.75) is 64.6 Å². The standard InChI is InChI=1S/C24H35O14P/c1-17(2)23(29)33-13-9-19(15-35-21(27)7-5-11-25)37-39(31,32)38-20(10-14-34-24(30)18(3)4)16-36-22(28)8-6-12-26/h11-12,19-20H,1,3,5-10,13-16H2,2,4H3,(H,31,32). The maximum absolute atomic E-state index is 12.8. The van der Waals surface area contributed by atoms with E-state index < -0.39 is 57.1 Å². The van der Waals surface area contributed by atoms with Crippen molar-refractivity contribution in [2.24, 2.45) is 0 Å². The van der Waals surface area contributed by atoms with Crippen LogP contribution in [0.2, 0.25) is 0 Å². The number of phosphoric ester groups is 1. The van der Waals surface area contributed by atoms with Crippen LogP contribution in [0.25, 0.3) is 0 Å². The van der Waals surface area contributed by atoms with Crippen molar-refractivity contribution >= 4 is 44.3 Å². The molecule has 0 aromatic heterocycles. The molecule has 0 saturated heterocycles. The molecule has 0 heterocycles. The molecular weight excluding hydrogens is 543 g/mol. The highest BCUT2D eigenvalue weighted by molar-refractivity contribution is 7.47. The first-order chi connectivity index (χ1) is 18.3. The van der Waals surface area contributed by atoms with E-state index in [-0.39, 0.29) is 62.9 Å². The fourth-order valence-corrected chi connectivity index (χ4v) is 3.55. The Labute approximate surface area is 226 Å². The maximum Gasteiger partial charge on any atom is 0.472 e. The van der Waals surface area contributed by atoms with Crippen molar-refractivity contribution < 1.29 is 66.2 Å². The lowest BCUT2D eigenvalue weighted by Gasteiger charge is -2.24. The molecule has 0 aliphatic carbocycles. The van der Waals surface area contributed by atoms with E-state index >= 15 is 0 Å². The van der Waals surface area contributed by atoms with E-state index in [1.807, 2.05) is 0 Å². The van der Waals surface area contributed by atoms with Gasteiger partial charge in [-0.2, -0.15) is 0 Å². The fourth-order valence-electron chi connectivity index (χ4n) is 2.42. The Morgan fingerprint density at radius 3 is 1.41 bits per heavy atom. The van der Waals surface area contributed by atoms with Gasteiger partial charge in [0.2, 0.25) is 0 Å². The molecule has 1 N–H and O–H groups in total. The van der Waals surface area contributed by atoms with Crippen LogP contribution < -0.4 is 0 Å². The Morgan fingerprint density at radius 1 is 0.744 bits per heavy atom. The second-order valence-electron chi connectivity index (χ2n) is 8.11. The lowest BCUT2D eigenvalue weighted by Crippen LogP contribution is -2.27. The van der Waals surface area contributed by atoms with Gasteiger partial charge in [0.25, 0.3) is 0 Å². The van der Waals surface area contributed by atoms with Gasteiger partial charge >= 0.3 is 31.7 Å². The highest BCUT2D eigenvalue weighted by Crippen LogP contribution is 2.47. The van der Waals surface area contributed by atoms with E-state index in [1.54, 1.807) is 0 Å². The molecule has 0 spiro atoms. The Kier molecular flexibility index (Phi) is 18.2. The van der Waals surface area contributed by atoms with Crippen LogP contribution >= 0.6 is 7.82 Å². The third kappa shape index (κ3) is 18.7. The van der Waals surface area contributed by atoms with E-state index in [0.29, 0.717) is 12.6 Å².